The second-order valence-electron chi connectivity index (χ2n) is 4.62. The van der Waals surface area contributed by atoms with Gasteiger partial charge in [0.15, 0.2) is 0 Å². The van der Waals surface area contributed by atoms with Crippen LogP contribution in [0.3, 0.4) is 0 Å². The molecule has 0 unspecified atom stereocenters. The average Bonchev–Trinajstić information content (AvgIpc) is 2.24. The summed E-state index contributed by atoms with van der Waals surface area (Å²) in [6, 6.07) is 0.177. The van der Waals surface area contributed by atoms with Crippen molar-refractivity contribution in [3.63, 3.8) is 0 Å². The van der Waals surface area contributed by atoms with Crippen LogP contribution in [0, 0.1) is 5.92 Å². The number of nitrogens with zero attached hydrogens (tertiary/aromatic N) is 1. The van der Waals surface area contributed by atoms with Crippen LogP contribution >= 0.6 is 0 Å². The smallest absolute Gasteiger partial charge is 0.225 e. The molecule has 0 aliphatic heterocycles. The van der Waals surface area contributed by atoms with E-state index in [4.69, 9.17) is 5.11 Å². The number of hydrogen-bond donors (Lipinski definition) is 1. The monoisotopic (exact) mass is 229 g/mol. The van der Waals surface area contributed by atoms with E-state index in [1.807, 2.05) is 13.8 Å². The van der Waals surface area contributed by atoms with E-state index in [1.54, 1.807) is 4.90 Å². The zero-order valence-corrected chi connectivity index (χ0v) is 11.2. The maximum atomic E-state index is 12.3. The van der Waals surface area contributed by atoms with E-state index in [-0.39, 0.29) is 24.5 Å². The molecule has 0 heterocycles. The van der Waals surface area contributed by atoms with E-state index < -0.39 is 0 Å². The van der Waals surface area contributed by atoms with Crippen molar-refractivity contribution in [2.24, 2.45) is 5.92 Å². The lowest BCUT2D eigenvalue weighted by Gasteiger charge is -2.30. The Morgan fingerprint density at radius 1 is 1.19 bits per heavy atom. The normalized spacial score (nSPS) is 11.2. The lowest BCUT2D eigenvalue weighted by atomic mass is 9.96. The predicted molar refractivity (Wildman–Crippen MR) is 67.2 cm³/mol. The van der Waals surface area contributed by atoms with Gasteiger partial charge in [-0.1, -0.05) is 26.7 Å². The molecule has 0 aliphatic rings. The second-order valence-corrected chi connectivity index (χ2v) is 4.62. The van der Waals surface area contributed by atoms with E-state index in [9.17, 15) is 4.79 Å². The summed E-state index contributed by atoms with van der Waals surface area (Å²) in [7, 11) is 0. The van der Waals surface area contributed by atoms with Gasteiger partial charge in [0.1, 0.15) is 0 Å². The lowest BCUT2D eigenvalue weighted by Crippen LogP contribution is -2.42. The highest BCUT2D eigenvalue weighted by Crippen LogP contribution is 2.18. The van der Waals surface area contributed by atoms with E-state index in [0.717, 1.165) is 25.7 Å². The number of aliphatic hydroxyl groups excluding tert-OH is 1. The molecule has 1 amide bonds. The van der Waals surface area contributed by atoms with Crippen molar-refractivity contribution in [2.45, 2.75) is 59.4 Å². The maximum absolute atomic E-state index is 12.3. The quantitative estimate of drug-likeness (QED) is 0.694. The van der Waals surface area contributed by atoms with Crippen LogP contribution in [0.15, 0.2) is 0 Å². The van der Waals surface area contributed by atoms with Crippen molar-refractivity contribution in [3.8, 4) is 0 Å². The number of rotatable bonds is 8. The molecule has 3 heteroatoms. The van der Waals surface area contributed by atoms with Crippen molar-refractivity contribution < 1.29 is 9.90 Å². The average molecular weight is 229 g/mol. The van der Waals surface area contributed by atoms with E-state index in [2.05, 4.69) is 13.8 Å². The van der Waals surface area contributed by atoms with Crippen molar-refractivity contribution in [1.82, 2.24) is 4.90 Å². The van der Waals surface area contributed by atoms with Gasteiger partial charge in [0, 0.05) is 18.5 Å². The first-order valence-corrected chi connectivity index (χ1v) is 6.49. The minimum atomic E-state index is 0.0505. The number of aliphatic hydroxyl groups is 1. The largest absolute Gasteiger partial charge is 0.395 e. The van der Waals surface area contributed by atoms with Gasteiger partial charge in [0.2, 0.25) is 5.91 Å². The number of carbonyl (C=O) groups excluding carboxylic acids is 1. The molecule has 96 valence electrons. The van der Waals surface area contributed by atoms with Crippen LogP contribution in [0.2, 0.25) is 0 Å². The summed E-state index contributed by atoms with van der Waals surface area (Å²) in [6.07, 6.45) is 4.01. The standard InChI is InChI=1S/C13H27NO2/c1-5-7-12(8-6-2)13(16)14(9-10-15)11(3)4/h11-12,15H,5-10H2,1-4H3. The highest BCUT2D eigenvalue weighted by molar-refractivity contribution is 5.79. The van der Waals surface area contributed by atoms with Gasteiger partial charge < -0.3 is 10.0 Å². The van der Waals surface area contributed by atoms with Gasteiger partial charge in [0.25, 0.3) is 0 Å². The molecule has 0 saturated carbocycles. The second kappa shape index (κ2) is 8.57. The number of amides is 1. The molecule has 0 radical (unpaired) electrons. The summed E-state index contributed by atoms with van der Waals surface area (Å²) >= 11 is 0. The maximum Gasteiger partial charge on any atom is 0.225 e. The van der Waals surface area contributed by atoms with Gasteiger partial charge in [-0.05, 0) is 26.7 Å². The molecule has 0 aromatic rings. The Bertz CT molecular complexity index is 186. The molecule has 0 atom stereocenters. The molecule has 0 aromatic heterocycles. The molecule has 3 nitrogen and oxygen atoms in total. The van der Waals surface area contributed by atoms with Crippen LogP contribution in [0.5, 0.6) is 0 Å². The molecule has 0 saturated heterocycles. The topological polar surface area (TPSA) is 40.5 Å². The predicted octanol–water partition coefficient (Wildman–Crippen LogP) is 2.43. The Hall–Kier alpha value is -0.570. The van der Waals surface area contributed by atoms with Crippen molar-refractivity contribution >= 4 is 5.91 Å². The zero-order chi connectivity index (χ0) is 12.6. The van der Waals surface area contributed by atoms with Gasteiger partial charge in [-0.3, -0.25) is 4.79 Å². The van der Waals surface area contributed by atoms with Crippen molar-refractivity contribution in [2.75, 3.05) is 13.2 Å². The zero-order valence-electron chi connectivity index (χ0n) is 11.2. The highest BCUT2D eigenvalue weighted by Gasteiger charge is 2.24. The number of hydrogen-bond acceptors (Lipinski definition) is 2. The molecule has 0 aliphatic carbocycles. The van der Waals surface area contributed by atoms with Gasteiger partial charge >= 0.3 is 0 Å². The highest BCUT2D eigenvalue weighted by atomic mass is 16.3. The van der Waals surface area contributed by atoms with Gasteiger partial charge in [0.05, 0.1) is 6.61 Å². The third-order valence-electron chi connectivity index (χ3n) is 2.87. The third kappa shape index (κ3) is 4.97. The fourth-order valence-corrected chi connectivity index (χ4v) is 2.05. The fraction of sp³-hybridized carbons (Fsp3) is 0.923. The van der Waals surface area contributed by atoms with E-state index in [1.165, 1.54) is 0 Å². The van der Waals surface area contributed by atoms with Gasteiger partial charge in [-0.15, -0.1) is 0 Å². The summed E-state index contributed by atoms with van der Waals surface area (Å²) < 4.78 is 0. The number of carbonyl (C=O) groups is 1. The molecule has 16 heavy (non-hydrogen) atoms. The summed E-state index contributed by atoms with van der Waals surface area (Å²) in [5, 5.41) is 8.98. The van der Waals surface area contributed by atoms with Crippen LogP contribution in [-0.4, -0.2) is 35.1 Å². The summed E-state index contributed by atoms with van der Waals surface area (Å²) in [4.78, 5) is 14.1. The molecule has 0 rings (SSSR count). The van der Waals surface area contributed by atoms with Gasteiger partial charge in [-0.25, -0.2) is 0 Å². The van der Waals surface area contributed by atoms with Crippen molar-refractivity contribution in [3.05, 3.63) is 0 Å². The SMILES string of the molecule is CCCC(CCC)C(=O)N(CCO)C(C)C. The summed E-state index contributed by atoms with van der Waals surface area (Å²) in [5.74, 6) is 0.358. The molecular formula is C13H27NO2. The minimum Gasteiger partial charge on any atom is -0.395 e. The Kier molecular flexibility index (Phi) is 8.26. The van der Waals surface area contributed by atoms with E-state index in [0.29, 0.717) is 6.54 Å². The third-order valence-corrected chi connectivity index (χ3v) is 2.87. The first kappa shape index (κ1) is 15.4. The molecule has 0 spiro atoms. The van der Waals surface area contributed by atoms with Crippen molar-refractivity contribution in [1.29, 1.82) is 0 Å². The molecule has 0 aromatic carbocycles. The Balaban J connectivity index is 4.51. The molecule has 1 N–H and O–H groups in total. The molecule has 0 bridgehead atoms. The van der Waals surface area contributed by atoms with Crippen LogP contribution in [0.1, 0.15) is 53.4 Å². The van der Waals surface area contributed by atoms with Crippen LogP contribution in [0.25, 0.3) is 0 Å². The minimum absolute atomic E-state index is 0.0505. The van der Waals surface area contributed by atoms with Crippen LogP contribution in [0.4, 0.5) is 0 Å². The van der Waals surface area contributed by atoms with Gasteiger partial charge in [-0.2, -0.15) is 0 Å². The molecule has 0 fully saturated rings. The van der Waals surface area contributed by atoms with Crippen LogP contribution in [-0.2, 0) is 4.79 Å². The Morgan fingerprint density at radius 2 is 1.69 bits per heavy atom. The first-order chi connectivity index (χ1) is 7.58. The first-order valence-electron chi connectivity index (χ1n) is 6.49. The van der Waals surface area contributed by atoms with E-state index >= 15 is 0 Å². The fourth-order valence-electron chi connectivity index (χ4n) is 2.05. The van der Waals surface area contributed by atoms with Crippen LogP contribution < -0.4 is 0 Å². The lowest BCUT2D eigenvalue weighted by molar-refractivity contribution is -0.138. The molecular weight excluding hydrogens is 202 g/mol. The Labute approximate surface area is 99.8 Å². The summed E-state index contributed by atoms with van der Waals surface area (Å²) in [5.41, 5.74) is 0. The summed E-state index contributed by atoms with van der Waals surface area (Å²) in [6.45, 7) is 8.74. The Morgan fingerprint density at radius 3 is 2.00 bits per heavy atom.